The van der Waals surface area contributed by atoms with E-state index in [1.54, 1.807) is 6.92 Å². The summed E-state index contributed by atoms with van der Waals surface area (Å²) in [4.78, 5) is 28.2. The molecule has 1 N–H and O–H groups in total. The third kappa shape index (κ3) is 3.38. The first-order valence-electron chi connectivity index (χ1n) is 6.60. The Balaban J connectivity index is 2.24. The maximum Gasteiger partial charge on any atom is 0.330 e. The highest BCUT2D eigenvalue weighted by Gasteiger charge is 2.37. The zero-order valence-electron chi connectivity index (χ0n) is 11.9. The first-order valence-corrected chi connectivity index (χ1v) is 6.60. The van der Waals surface area contributed by atoms with Gasteiger partial charge in [-0.15, -0.1) is 6.42 Å². The van der Waals surface area contributed by atoms with E-state index in [1.807, 2.05) is 0 Å². The fraction of sp³-hybridized carbons (Fsp3) is 0.538. The van der Waals surface area contributed by atoms with Gasteiger partial charge < -0.3 is 9.47 Å². The molecule has 1 aromatic rings. The van der Waals surface area contributed by atoms with E-state index in [2.05, 4.69) is 20.9 Å². The normalized spacial score (nSPS) is 23.7. The van der Waals surface area contributed by atoms with Crippen LogP contribution in [0.3, 0.4) is 0 Å². The lowest BCUT2D eigenvalue weighted by atomic mass is 10.2. The van der Waals surface area contributed by atoms with Crippen molar-refractivity contribution in [1.29, 1.82) is 0 Å². The molecule has 1 aromatic heterocycles. The van der Waals surface area contributed by atoms with Crippen LogP contribution in [0.15, 0.2) is 20.9 Å². The van der Waals surface area contributed by atoms with Gasteiger partial charge in [0.2, 0.25) is 0 Å². The third-order valence-corrected chi connectivity index (χ3v) is 3.34. The minimum absolute atomic E-state index is 0.0688. The number of azide groups is 1. The first kappa shape index (κ1) is 15.9. The number of nitrogens with zero attached hydrogens (tertiary/aromatic N) is 4. The number of aryl methyl sites for hydroxylation is 1. The van der Waals surface area contributed by atoms with Crippen LogP contribution in [0, 0.1) is 19.3 Å². The predicted molar refractivity (Wildman–Crippen MR) is 77.2 cm³/mol. The van der Waals surface area contributed by atoms with E-state index in [9.17, 15) is 9.59 Å². The summed E-state index contributed by atoms with van der Waals surface area (Å²) in [5.41, 5.74) is 7.80. The summed E-state index contributed by atoms with van der Waals surface area (Å²) in [5.74, 6) is 2.36. The molecule has 0 bridgehead atoms. The molecule has 0 aliphatic carbocycles. The molecular weight excluding hydrogens is 290 g/mol. The van der Waals surface area contributed by atoms with Gasteiger partial charge >= 0.3 is 5.69 Å². The summed E-state index contributed by atoms with van der Waals surface area (Å²) in [6, 6.07) is 0. The summed E-state index contributed by atoms with van der Waals surface area (Å²) in [6.45, 7) is 1.75. The molecule has 1 saturated heterocycles. The van der Waals surface area contributed by atoms with Crippen molar-refractivity contribution in [1.82, 2.24) is 9.55 Å². The van der Waals surface area contributed by atoms with Crippen LogP contribution in [-0.4, -0.2) is 34.9 Å². The monoisotopic (exact) mass is 305 g/mol. The molecule has 0 unspecified atom stereocenters. The molecule has 116 valence electrons. The molecule has 0 aromatic carbocycles. The highest BCUT2D eigenvalue weighted by molar-refractivity contribution is 5.02. The van der Waals surface area contributed by atoms with Crippen LogP contribution in [0.25, 0.3) is 10.4 Å². The molecule has 0 amide bonds. The number of terminal acetylenes is 1. The summed E-state index contributed by atoms with van der Waals surface area (Å²) in [6.07, 6.45) is 5.43. The van der Waals surface area contributed by atoms with Crippen LogP contribution in [0.4, 0.5) is 0 Å². The topological polar surface area (TPSA) is 122 Å². The molecule has 3 atom stereocenters. The van der Waals surface area contributed by atoms with Gasteiger partial charge in [-0.1, -0.05) is 11.0 Å². The fourth-order valence-corrected chi connectivity index (χ4v) is 2.28. The molecule has 1 fully saturated rings. The van der Waals surface area contributed by atoms with Gasteiger partial charge in [0.15, 0.2) is 0 Å². The average Bonchev–Trinajstić information content (AvgIpc) is 2.89. The fourth-order valence-electron chi connectivity index (χ4n) is 2.28. The standard InChI is InChI=1S/C13H15N5O4/c1-3-4-21-9-5-11(22-10(9)6-15-17-14)18-7-8(2)12(19)16-13(18)20/h1,7,9-11H,4-6H2,2H3,(H,16,19,20)/t9-,10-,11-/m1/s1. The van der Waals surface area contributed by atoms with E-state index >= 15 is 0 Å². The van der Waals surface area contributed by atoms with Crippen molar-refractivity contribution in [3.8, 4) is 12.3 Å². The van der Waals surface area contributed by atoms with Gasteiger partial charge in [-0.3, -0.25) is 14.3 Å². The van der Waals surface area contributed by atoms with Crippen LogP contribution >= 0.6 is 0 Å². The van der Waals surface area contributed by atoms with Crippen molar-refractivity contribution >= 4 is 0 Å². The highest BCUT2D eigenvalue weighted by Crippen LogP contribution is 2.30. The molecule has 22 heavy (non-hydrogen) atoms. The van der Waals surface area contributed by atoms with Crippen molar-refractivity contribution in [2.45, 2.75) is 31.8 Å². The Bertz CT molecular complexity index is 740. The number of aromatic nitrogens is 2. The number of nitrogens with one attached hydrogen (secondary N) is 1. The quantitative estimate of drug-likeness (QED) is 0.367. The molecule has 2 heterocycles. The molecule has 0 radical (unpaired) electrons. The molecule has 1 aliphatic heterocycles. The van der Waals surface area contributed by atoms with Crippen molar-refractivity contribution in [3.05, 3.63) is 43.0 Å². The maximum absolute atomic E-state index is 11.9. The molecule has 0 saturated carbocycles. The summed E-state index contributed by atoms with van der Waals surface area (Å²) >= 11 is 0. The van der Waals surface area contributed by atoms with E-state index < -0.39 is 29.7 Å². The zero-order chi connectivity index (χ0) is 16.1. The van der Waals surface area contributed by atoms with Crippen molar-refractivity contribution in [2.75, 3.05) is 13.2 Å². The SMILES string of the molecule is C#CCO[C@@H]1C[C@H](n2cc(C)c(=O)[nH]c2=O)O[C@@H]1CN=[N+]=[N-]. The van der Waals surface area contributed by atoms with E-state index in [-0.39, 0.29) is 13.2 Å². The van der Waals surface area contributed by atoms with Crippen LogP contribution in [0.2, 0.25) is 0 Å². The maximum atomic E-state index is 11.9. The second kappa shape index (κ2) is 6.95. The van der Waals surface area contributed by atoms with Gasteiger partial charge in [0.1, 0.15) is 12.8 Å². The lowest BCUT2D eigenvalue weighted by Crippen LogP contribution is -2.33. The van der Waals surface area contributed by atoms with Gasteiger partial charge in [-0.05, 0) is 12.5 Å². The van der Waals surface area contributed by atoms with Crippen LogP contribution in [0.5, 0.6) is 0 Å². The van der Waals surface area contributed by atoms with E-state index in [0.29, 0.717) is 12.0 Å². The minimum Gasteiger partial charge on any atom is -0.363 e. The number of hydrogen-bond acceptors (Lipinski definition) is 5. The molecular formula is C13H15N5O4. The number of rotatable bonds is 5. The average molecular weight is 305 g/mol. The van der Waals surface area contributed by atoms with Gasteiger partial charge in [0.05, 0.1) is 18.8 Å². The lowest BCUT2D eigenvalue weighted by Gasteiger charge is -2.15. The van der Waals surface area contributed by atoms with Crippen molar-refractivity contribution < 1.29 is 9.47 Å². The Hall–Kier alpha value is -2.53. The largest absolute Gasteiger partial charge is 0.363 e. The smallest absolute Gasteiger partial charge is 0.330 e. The Morgan fingerprint density at radius 1 is 1.68 bits per heavy atom. The molecule has 2 rings (SSSR count). The number of aromatic amines is 1. The van der Waals surface area contributed by atoms with Gasteiger partial charge in [-0.2, -0.15) is 0 Å². The predicted octanol–water partition coefficient (Wildman–Crippen LogP) is 0.461. The Morgan fingerprint density at radius 2 is 2.45 bits per heavy atom. The Morgan fingerprint density at radius 3 is 3.14 bits per heavy atom. The Labute approximate surface area is 125 Å². The van der Waals surface area contributed by atoms with Crippen molar-refractivity contribution in [2.24, 2.45) is 5.11 Å². The van der Waals surface area contributed by atoms with Crippen LogP contribution in [-0.2, 0) is 9.47 Å². The van der Waals surface area contributed by atoms with Gasteiger partial charge in [0, 0.05) is 23.1 Å². The zero-order valence-corrected chi connectivity index (χ0v) is 11.9. The number of H-pyrrole nitrogens is 1. The van der Waals surface area contributed by atoms with Gasteiger partial charge in [0.25, 0.3) is 5.56 Å². The Kier molecular flexibility index (Phi) is 5.01. The van der Waals surface area contributed by atoms with Crippen LogP contribution in [0.1, 0.15) is 18.2 Å². The number of ether oxygens (including phenoxy) is 2. The van der Waals surface area contributed by atoms with E-state index in [0.717, 1.165) is 0 Å². The molecule has 9 heteroatoms. The number of hydrogen-bond donors (Lipinski definition) is 1. The second-order valence-corrected chi connectivity index (χ2v) is 4.81. The molecule has 1 aliphatic rings. The highest BCUT2D eigenvalue weighted by atomic mass is 16.6. The molecule has 9 nitrogen and oxygen atoms in total. The van der Waals surface area contributed by atoms with Crippen molar-refractivity contribution in [3.63, 3.8) is 0 Å². The molecule has 0 spiro atoms. The van der Waals surface area contributed by atoms with E-state index in [1.165, 1.54) is 10.8 Å². The summed E-state index contributed by atoms with van der Waals surface area (Å²) in [5, 5.41) is 3.47. The summed E-state index contributed by atoms with van der Waals surface area (Å²) < 4.78 is 12.5. The van der Waals surface area contributed by atoms with E-state index in [4.69, 9.17) is 21.4 Å². The summed E-state index contributed by atoms with van der Waals surface area (Å²) in [7, 11) is 0. The van der Waals surface area contributed by atoms with Gasteiger partial charge in [-0.25, -0.2) is 4.79 Å². The minimum atomic E-state index is -0.621. The lowest BCUT2D eigenvalue weighted by molar-refractivity contribution is -0.0283. The third-order valence-electron chi connectivity index (χ3n) is 3.34. The van der Waals surface area contributed by atoms with Crippen LogP contribution < -0.4 is 11.2 Å². The first-order chi connectivity index (χ1) is 10.6. The second-order valence-electron chi connectivity index (χ2n) is 4.81.